The molecule has 2 aromatic heterocycles. The van der Waals surface area contributed by atoms with Gasteiger partial charge in [0.1, 0.15) is 4.70 Å². The number of hydrogen-bond donors (Lipinski definition) is 2. The number of amides is 1. The van der Waals surface area contributed by atoms with Crippen LogP contribution in [0.4, 0.5) is 4.79 Å². The van der Waals surface area contributed by atoms with Crippen LogP contribution in [0.2, 0.25) is 0 Å². The molecule has 7 heteroatoms. The molecule has 0 bridgehead atoms. The average Bonchev–Trinajstić information content (AvgIpc) is 2.84. The van der Waals surface area contributed by atoms with Crippen molar-refractivity contribution in [2.45, 2.75) is 18.8 Å². The SMILES string of the molecule is O=C(O)N1CCC(c2csc3c(=O)[nH]cnc23)CC1. The fraction of sp³-hybridized carbons (Fsp3) is 0.417. The number of H-pyrrole nitrogens is 1. The van der Waals surface area contributed by atoms with Crippen molar-refractivity contribution in [1.29, 1.82) is 0 Å². The summed E-state index contributed by atoms with van der Waals surface area (Å²) in [6, 6.07) is 0. The Balaban J connectivity index is 1.88. The minimum atomic E-state index is -0.858. The summed E-state index contributed by atoms with van der Waals surface area (Å²) < 4.78 is 0.651. The van der Waals surface area contributed by atoms with Crippen LogP contribution in [0.1, 0.15) is 24.3 Å². The maximum atomic E-state index is 11.6. The number of carboxylic acid groups (broad SMARTS) is 1. The predicted octanol–water partition coefficient (Wildman–Crippen LogP) is 1.84. The van der Waals surface area contributed by atoms with Crippen LogP contribution in [0.5, 0.6) is 0 Å². The highest BCUT2D eigenvalue weighted by Crippen LogP contribution is 2.34. The number of nitrogens with one attached hydrogen (secondary N) is 1. The van der Waals surface area contributed by atoms with Crippen LogP contribution in [0.3, 0.4) is 0 Å². The molecule has 0 radical (unpaired) electrons. The van der Waals surface area contributed by atoms with Crippen molar-refractivity contribution in [3.05, 3.63) is 27.6 Å². The Labute approximate surface area is 112 Å². The lowest BCUT2D eigenvalue weighted by Crippen LogP contribution is -2.36. The van der Waals surface area contributed by atoms with E-state index >= 15 is 0 Å². The number of nitrogens with zero attached hydrogens (tertiary/aromatic N) is 2. The second-order valence-electron chi connectivity index (χ2n) is 4.64. The first-order chi connectivity index (χ1) is 9.16. The molecule has 2 aromatic rings. The van der Waals surface area contributed by atoms with Gasteiger partial charge in [-0.25, -0.2) is 9.78 Å². The van der Waals surface area contributed by atoms with E-state index in [9.17, 15) is 9.59 Å². The standard InChI is InChI=1S/C12H13N3O3S/c16-11-10-9(13-6-14-11)8(5-19-10)7-1-3-15(4-2-7)12(17)18/h5-7H,1-4H2,(H,17,18)(H,13,14,16). The zero-order valence-electron chi connectivity index (χ0n) is 10.1. The maximum Gasteiger partial charge on any atom is 0.407 e. The second kappa shape index (κ2) is 4.65. The highest BCUT2D eigenvalue weighted by molar-refractivity contribution is 7.17. The van der Waals surface area contributed by atoms with Crippen molar-refractivity contribution in [2.24, 2.45) is 0 Å². The van der Waals surface area contributed by atoms with Crippen LogP contribution >= 0.6 is 11.3 Å². The molecule has 1 aliphatic heterocycles. The summed E-state index contributed by atoms with van der Waals surface area (Å²) in [5.74, 6) is 0.290. The summed E-state index contributed by atoms with van der Waals surface area (Å²) >= 11 is 1.41. The topological polar surface area (TPSA) is 86.3 Å². The molecule has 19 heavy (non-hydrogen) atoms. The van der Waals surface area contributed by atoms with E-state index in [4.69, 9.17) is 5.11 Å². The molecule has 0 aliphatic carbocycles. The van der Waals surface area contributed by atoms with Crippen molar-refractivity contribution in [3.63, 3.8) is 0 Å². The molecule has 100 valence electrons. The van der Waals surface area contributed by atoms with Crippen LogP contribution in [-0.4, -0.2) is 39.2 Å². The third-order valence-corrected chi connectivity index (χ3v) is 4.58. The van der Waals surface area contributed by atoms with E-state index in [1.54, 1.807) is 0 Å². The third kappa shape index (κ3) is 2.10. The number of aromatic amines is 1. The molecule has 2 N–H and O–H groups in total. The number of aromatic nitrogens is 2. The summed E-state index contributed by atoms with van der Waals surface area (Å²) in [5.41, 5.74) is 1.74. The molecule has 0 atom stereocenters. The largest absolute Gasteiger partial charge is 0.465 e. The van der Waals surface area contributed by atoms with Crippen molar-refractivity contribution in [2.75, 3.05) is 13.1 Å². The van der Waals surface area contributed by atoms with Gasteiger partial charge >= 0.3 is 6.09 Å². The lowest BCUT2D eigenvalue weighted by molar-refractivity contribution is 0.132. The van der Waals surface area contributed by atoms with Gasteiger partial charge in [0.15, 0.2) is 0 Å². The maximum absolute atomic E-state index is 11.6. The molecule has 6 nitrogen and oxygen atoms in total. The van der Waals surface area contributed by atoms with Gasteiger partial charge in [0.2, 0.25) is 0 Å². The second-order valence-corrected chi connectivity index (χ2v) is 5.52. The normalized spacial score (nSPS) is 16.9. The molecule has 1 amide bonds. The summed E-state index contributed by atoms with van der Waals surface area (Å²) in [6.07, 6.45) is 2.13. The summed E-state index contributed by atoms with van der Waals surface area (Å²) in [6.45, 7) is 1.08. The first-order valence-electron chi connectivity index (χ1n) is 6.09. The Kier molecular flexibility index (Phi) is 2.98. The summed E-state index contributed by atoms with van der Waals surface area (Å²) in [4.78, 5) is 30.8. The quantitative estimate of drug-likeness (QED) is 0.834. The van der Waals surface area contributed by atoms with E-state index < -0.39 is 6.09 Å². The molecule has 1 fully saturated rings. The van der Waals surface area contributed by atoms with Gasteiger partial charge in [0.25, 0.3) is 5.56 Å². The van der Waals surface area contributed by atoms with Crippen LogP contribution in [0, 0.1) is 0 Å². The zero-order valence-corrected chi connectivity index (χ0v) is 10.9. The molecule has 0 saturated carbocycles. The lowest BCUT2D eigenvalue weighted by atomic mass is 9.91. The minimum absolute atomic E-state index is 0.107. The average molecular weight is 279 g/mol. The monoisotopic (exact) mass is 279 g/mol. The van der Waals surface area contributed by atoms with Crippen LogP contribution in [0.15, 0.2) is 16.5 Å². The minimum Gasteiger partial charge on any atom is -0.465 e. The van der Waals surface area contributed by atoms with Crippen molar-refractivity contribution >= 4 is 27.6 Å². The molecule has 0 spiro atoms. The van der Waals surface area contributed by atoms with Gasteiger partial charge in [-0.3, -0.25) is 4.79 Å². The van der Waals surface area contributed by atoms with E-state index in [-0.39, 0.29) is 5.56 Å². The Bertz CT molecular complexity index is 670. The number of hydrogen-bond acceptors (Lipinski definition) is 4. The Morgan fingerprint density at radius 2 is 2.21 bits per heavy atom. The first-order valence-corrected chi connectivity index (χ1v) is 6.97. The number of likely N-dealkylation sites (tertiary alicyclic amines) is 1. The number of carbonyl (C=O) groups is 1. The summed E-state index contributed by atoms with van der Waals surface area (Å²) in [5, 5.41) is 10.9. The zero-order chi connectivity index (χ0) is 13.4. The number of fused-ring (bicyclic) bond motifs is 1. The lowest BCUT2D eigenvalue weighted by Gasteiger charge is -2.29. The molecule has 0 unspecified atom stereocenters. The fourth-order valence-electron chi connectivity index (χ4n) is 2.55. The van der Waals surface area contributed by atoms with Crippen LogP contribution < -0.4 is 5.56 Å². The van der Waals surface area contributed by atoms with E-state index in [0.717, 1.165) is 23.9 Å². The van der Waals surface area contributed by atoms with Gasteiger partial charge in [-0.15, -0.1) is 11.3 Å². The Morgan fingerprint density at radius 1 is 1.47 bits per heavy atom. The molecular weight excluding hydrogens is 266 g/mol. The first kappa shape index (κ1) is 12.2. The van der Waals surface area contributed by atoms with Gasteiger partial charge in [0, 0.05) is 13.1 Å². The van der Waals surface area contributed by atoms with Crippen molar-refractivity contribution in [3.8, 4) is 0 Å². The predicted molar refractivity (Wildman–Crippen MR) is 71.8 cm³/mol. The molecule has 1 aliphatic rings. The van der Waals surface area contributed by atoms with Gasteiger partial charge in [0.05, 0.1) is 11.8 Å². The van der Waals surface area contributed by atoms with Gasteiger partial charge in [-0.2, -0.15) is 0 Å². The van der Waals surface area contributed by atoms with Crippen LogP contribution in [0.25, 0.3) is 10.2 Å². The highest BCUT2D eigenvalue weighted by atomic mass is 32.1. The fourth-order valence-corrected chi connectivity index (χ4v) is 3.55. The van der Waals surface area contributed by atoms with Crippen molar-refractivity contribution < 1.29 is 9.90 Å². The smallest absolute Gasteiger partial charge is 0.407 e. The number of rotatable bonds is 1. The van der Waals surface area contributed by atoms with Gasteiger partial charge in [-0.05, 0) is 29.7 Å². The molecule has 1 saturated heterocycles. The number of piperidine rings is 1. The molecule has 3 heterocycles. The van der Waals surface area contributed by atoms with Crippen LogP contribution in [-0.2, 0) is 0 Å². The van der Waals surface area contributed by atoms with E-state index in [1.165, 1.54) is 22.6 Å². The molecule has 3 rings (SSSR count). The van der Waals surface area contributed by atoms with Gasteiger partial charge < -0.3 is 15.0 Å². The highest BCUT2D eigenvalue weighted by Gasteiger charge is 2.25. The van der Waals surface area contributed by atoms with Gasteiger partial charge in [-0.1, -0.05) is 0 Å². The summed E-state index contributed by atoms with van der Waals surface area (Å²) in [7, 11) is 0. The Morgan fingerprint density at radius 3 is 2.89 bits per heavy atom. The van der Waals surface area contributed by atoms with E-state index in [2.05, 4.69) is 9.97 Å². The Hall–Kier alpha value is -1.89. The molecule has 0 aromatic carbocycles. The van der Waals surface area contributed by atoms with E-state index in [1.807, 2.05) is 5.38 Å². The number of thiophene rings is 1. The molecular formula is C12H13N3O3S. The van der Waals surface area contributed by atoms with Crippen molar-refractivity contribution in [1.82, 2.24) is 14.9 Å². The third-order valence-electron chi connectivity index (χ3n) is 3.59. The van der Waals surface area contributed by atoms with E-state index in [0.29, 0.717) is 23.7 Å².